The zero-order valence-corrected chi connectivity index (χ0v) is 21.4. The van der Waals surface area contributed by atoms with Crippen LogP contribution in [-0.2, 0) is 16.6 Å². The van der Waals surface area contributed by atoms with Crippen LogP contribution in [0.2, 0.25) is 10.0 Å². The number of fused-ring (bicyclic) bond motifs is 3. The molecule has 0 saturated heterocycles. The van der Waals surface area contributed by atoms with E-state index in [0.717, 1.165) is 22.6 Å². The van der Waals surface area contributed by atoms with Gasteiger partial charge < -0.3 is 9.73 Å². The van der Waals surface area contributed by atoms with Crippen LogP contribution in [0.1, 0.15) is 15.9 Å². The van der Waals surface area contributed by atoms with Crippen molar-refractivity contribution in [3.05, 3.63) is 106 Å². The summed E-state index contributed by atoms with van der Waals surface area (Å²) in [5, 5.41) is 5.54. The number of hydrogen-bond acceptors (Lipinski definition) is 4. The molecule has 4 aromatic carbocycles. The number of carbonyl (C=O) groups excluding carboxylic acids is 1. The highest BCUT2D eigenvalue weighted by molar-refractivity contribution is 7.92. The predicted molar refractivity (Wildman–Crippen MR) is 146 cm³/mol. The summed E-state index contributed by atoms with van der Waals surface area (Å²) < 4.78 is 32.0. The second-order valence-corrected chi connectivity index (χ2v) is 11.1. The van der Waals surface area contributed by atoms with Crippen molar-refractivity contribution in [2.24, 2.45) is 0 Å². The lowest BCUT2D eigenvalue weighted by molar-refractivity contribution is 0.102. The number of furan rings is 1. The smallest absolute Gasteiger partial charge is 0.255 e. The summed E-state index contributed by atoms with van der Waals surface area (Å²) >= 11 is 12.1. The number of benzene rings is 4. The van der Waals surface area contributed by atoms with Crippen molar-refractivity contribution in [2.75, 3.05) is 15.9 Å². The Morgan fingerprint density at radius 2 is 1.53 bits per heavy atom. The van der Waals surface area contributed by atoms with E-state index in [1.54, 1.807) is 30.3 Å². The zero-order valence-electron chi connectivity index (χ0n) is 19.0. The number of rotatable bonds is 6. The molecular formula is C27H20Cl2N2O4S. The van der Waals surface area contributed by atoms with E-state index < -0.39 is 10.0 Å². The molecule has 0 radical (unpaired) electrons. The monoisotopic (exact) mass is 538 g/mol. The Kier molecular flexibility index (Phi) is 6.38. The topological polar surface area (TPSA) is 79.6 Å². The van der Waals surface area contributed by atoms with Crippen LogP contribution in [0.5, 0.6) is 0 Å². The van der Waals surface area contributed by atoms with Crippen LogP contribution in [0, 0.1) is 0 Å². The second-order valence-electron chi connectivity index (χ2n) is 8.36. The Balaban J connectivity index is 1.34. The Bertz CT molecular complexity index is 1690. The molecule has 0 fully saturated rings. The maximum absolute atomic E-state index is 12.8. The summed E-state index contributed by atoms with van der Waals surface area (Å²) in [6.07, 6.45) is 1.11. The first-order valence-corrected chi connectivity index (χ1v) is 13.5. The molecule has 0 spiro atoms. The Morgan fingerprint density at radius 3 is 2.22 bits per heavy atom. The number of nitrogens with one attached hydrogen (secondary N) is 1. The standard InChI is InChI=1S/C27H20Cl2N2O4S/c1-36(33,34)31(22-13-19(28)12-20(29)14-22)16-17-6-8-18(9-7-17)27(32)30-21-10-11-24-23-4-2-3-5-25(23)35-26(24)15-21/h2-15H,16H2,1H3,(H,30,32). The summed E-state index contributed by atoms with van der Waals surface area (Å²) in [5.41, 5.74) is 3.56. The second kappa shape index (κ2) is 9.50. The molecule has 0 atom stereocenters. The fraction of sp³-hybridized carbons (Fsp3) is 0.0741. The minimum Gasteiger partial charge on any atom is -0.456 e. The zero-order chi connectivity index (χ0) is 25.4. The van der Waals surface area contributed by atoms with Gasteiger partial charge in [0.25, 0.3) is 5.91 Å². The molecule has 0 aliphatic carbocycles. The Hall–Kier alpha value is -3.52. The molecular weight excluding hydrogens is 519 g/mol. The van der Waals surface area contributed by atoms with Gasteiger partial charge in [0.1, 0.15) is 11.2 Å². The van der Waals surface area contributed by atoms with Crippen LogP contribution in [0.4, 0.5) is 11.4 Å². The van der Waals surface area contributed by atoms with Gasteiger partial charge in [-0.25, -0.2) is 8.42 Å². The highest BCUT2D eigenvalue weighted by atomic mass is 35.5. The molecule has 0 unspecified atom stereocenters. The van der Waals surface area contributed by atoms with E-state index in [9.17, 15) is 13.2 Å². The van der Waals surface area contributed by atoms with Crippen LogP contribution in [0.25, 0.3) is 21.9 Å². The fourth-order valence-corrected chi connectivity index (χ4v) is 5.40. The van der Waals surface area contributed by atoms with Crippen LogP contribution < -0.4 is 9.62 Å². The van der Waals surface area contributed by atoms with Crippen LogP contribution in [0.3, 0.4) is 0 Å². The largest absolute Gasteiger partial charge is 0.456 e. The number of amides is 1. The molecule has 5 aromatic rings. The van der Waals surface area contributed by atoms with E-state index in [0.29, 0.717) is 38.1 Å². The van der Waals surface area contributed by atoms with E-state index in [4.69, 9.17) is 27.6 Å². The Morgan fingerprint density at radius 1 is 0.861 bits per heavy atom. The first kappa shape index (κ1) is 24.2. The third-order valence-electron chi connectivity index (χ3n) is 5.71. The van der Waals surface area contributed by atoms with Crippen molar-refractivity contribution in [3.8, 4) is 0 Å². The van der Waals surface area contributed by atoms with Gasteiger partial charge in [0.05, 0.1) is 18.5 Å². The van der Waals surface area contributed by atoms with Crippen molar-refractivity contribution in [3.63, 3.8) is 0 Å². The molecule has 1 amide bonds. The summed E-state index contributed by atoms with van der Waals surface area (Å²) in [7, 11) is -3.62. The number of sulfonamides is 1. The van der Waals surface area contributed by atoms with Gasteiger partial charge in [-0.05, 0) is 54.1 Å². The first-order chi connectivity index (χ1) is 17.2. The van der Waals surface area contributed by atoms with Crippen LogP contribution in [-0.4, -0.2) is 20.6 Å². The van der Waals surface area contributed by atoms with Crippen LogP contribution in [0.15, 0.2) is 89.3 Å². The third kappa shape index (κ3) is 5.04. The molecule has 0 saturated carbocycles. The normalized spacial score (nSPS) is 11.6. The first-order valence-electron chi connectivity index (χ1n) is 10.9. The number of hydrogen-bond donors (Lipinski definition) is 1. The van der Waals surface area contributed by atoms with E-state index in [1.807, 2.05) is 36.4 Å². The maximum atomic E-state index is 12.8. The van der Waals surface area contributed by atoms with Crippen molar-refractivity contribution in [1.82, 2.24) is 0 Å². The SMILES string of the molecule is CS(=O)(=O)N(Cc1ccc(C(=O)Nc2ccc3c(c2)oc2ccccc23)cc1)c1cc(Cl)cc(Cl)c1. The highest BCUT2D eigenvalue weighted by Gasteiger charge is 2.19. The minimum atomic E-state index is -3.62. The maximum Gasteiger partial charge on any atom is 0.255 e. The van der Waals surface area contributed by atoms with Gasteiger partial charge in [0.15, 0.2) is 0 Å². The van der Waals surface area contributed by atoms with Crippen molar-refractivity contribution in [1.29, 1.82) is 0 Å². The Labute approximate surface area is 218 Å². The fourth-order valence-electron chi connectivity index (χ4n) is 4.02. The molecule has 6 nitrogen and oxygen atoms in total. The van der Waals surface area contributed by atoms with Crippen molar-refractivity contribution in [2.45, 2.75) is 6.54 Å². The minimum absolute atomic E-state index is 0.0557. The van der Waals surface area contributed by atoms with Crippen molar-refractivity contribution < 1.29 is 17.6 Å². The lowest BCUT2D eigenvalue weighted by Crippen LogP contribution is -2.29. The van der Waals surface area contributed by atoms with E-state index >= 15 is 0 Å². The number of halogens is 2. The number of anilines is 2. The van der Waals surface area contributed by atoms with Gasteiger partial charge in [-0.15, -0.1) is 0 Å². The van der Waals surface area contributed by atoms with E-state index in [2.05, 4.69) is 5.32 Å². The molecule has 0 aliphatic heterocycles. The lowest BCUT2D eigenvalue weighted by Gasteiger charge is -2.23. The summed E-state index contributed by atoms with van der Waals surface area (Å²) in [6.45, 7) is 0.0557. The van der Waals surface area contributed by atoms with Crippen molar-refractivity contribution >= 4 is 72.4 Å². The summed E-state index contributed by atoms with van der Waals surface area (Å²) in [6, 6.07) is 24.6. The summed E-state index contributed by atoms with van der Waals surface area (Å²) in [4.78, 5) is 12.8. The molecule has 1 N–H and O–H groups in total. The predicted octanol–water partition coefficient (Wildman–Crippen LogP) is 7.11. The number of carbonyl (C=O) groups is 1. The van der Waals surface area contributed by atoms with Gasteiger partial charge in [0, 0.05) is 38.1 Å². The number of para-hydroxylation sites is 1. The average Bonchev–Trinajstić information content (AvgIpc) is 3.19. The van der Waals surface area contributed by atoms with E-state index in [-0.39, 0.29) is 12.5 Å². The molecule has 0 aliphatic rings. The molecule has 9 heteroatoms. The summed E-state index contributed by atoms with van der Waals surface area (Å²) in [5.74, 6) is -0.293. The average molecular weight is 539 g/mol. The lowest BCUT2D eigenvalue weighted by atomic mass is 10.1. The van der Waals surface area contributed by atoms with E-state index in [1.165, 1.54) is 22.5 Å². The van der Waals surface area contributed by atoms with Gasteiger partial charge >= 0.3 is 0 Å². The van der Waals surface area contributed by atoms with Gasteiger partial charge in [0.2, 0.25) is 10.0 Å². The van der Waals surface area contributed by atoms with Gasteiger partial charge in [-0.2, -0.15) is 0 Å². The molecule has 182 valence electrons. The molecule has 1 aromatic heterocycles. The van der Waals surface area contributed by atoms with Gasteiger partial charge in [-0.1, -0.05) is 53.5 Å². The molecule has 36 heavy (non-hydrogen) atoms. The third-order valence-corrected chi connectivity index (χ3v) is 7.29. The number of nitrogens with zero attached hydrogens (tertiary/aromatic N) is 1. The molecule has 1 heterocycles. The quantitative estimate of drug-likeness (QED) is 0.249. The highest BCUT2D eigenvalue weighted by Crippen LogP contribution is 2.31. The molecule has 0 bridgehead atoms. The van der Waals surface area contributed by atoms with Gasteiger partial charge in [-0.3, -0.25) is 9.10 Å². The van der Waals surface area contributed by atoms with Crippen LogP contribution >= 0.6 is 23.2 Å². The molecule has 5 rings (SSSR count).